The minimum atomic E-state index is 0.0315. The van der Waals surface area contributed by atoms with E-state index in [1.807, 2.05) is 19.2 Å². The fourth-order valence-electron chi connectivity index (χ4n) is 2.41. The normalized spacial score (nSPS) is 12.6. The molecule has 0 fully saturated rings. The molecule has 108 valence electrons. The molecule has 1 aromatic carbocycles. The molecule has 1 aromatic heterocycles. The lowest BCUT2D eigenvalue weighted by Gasteiger charge is -2.24. The van der Waals surface area contributed by atoms with Gasteiger partial charge in [0.2, 0.25) is 0 Å². The van der Waals surface area contributed by atoms with Crippen LogP contribution in [-0.2, 0) is 0 Å². The molecule has 4 heteroatoms. The van der Waals surface area contributed by atoms with Crippen LogP contribution in [-0.4, -0.2) is 23.9 Å². The molecule has 1 atom stereocenters. The molecule has 2 N–H and O–H groups in total. The summed E-state index contributed by atoms with van der Waals surface area (Å²) in [5.41, 5.74) is 7.97. The standard InChI is InChI=1S/C16H22N2OS/c1-5-7-11(3)18(4)16(19)15-13(17)12-9-6-8-10(2)14(12)20-15/h6,8-9,11H,5,7,17H2,1-4H3. The predicted octanol–water partition coefficient (Wildman–Crippen LogP) is 4.05. The highest BCUT2D eigenvalue weighted by Gasteiger charge is 2.22. The molecule has 0 radical (unpaired) electrons. The summed E-state index contributed by atoms with van der Waals surface area (Å²) in [5, 5.41) is 0.995. The zero-order valence-corrected chi connectivity index (χ0v) is 13.4. The number of benzene rings is 1. The third-order valence-electron chi connectivity index (χ3n) is 3.83. The first-order valence-corrected chi connectivity index (χ1v) is 7.83. The summed E-state index contributed by atoms with van der Waals surface area (Å²) in [6, 6.07) is 6.26. The Morgan fingerprint density at radius 2 is 2.15 bits per heavy atom. The average Bonchev–Trinajstić information content (AvgIpc) is 2.76. The van der Waals surface area contributed by atoms with E-state index >= 15 is 0 Å². The fourth-order valence-corrected chi connectivity index (χ4v) is 3.58. The van der Waals surface area contributed by atoms with Crippen LogP contribution in [0.5, 0.6) is 0 Å². The molecule has 20 heavy (non-hydrogen) atoms. The smallest absolute Gasteiger partial charge is 0.266 e. The van der Waals surface area contributed by atoms with E-state index in [-0.39, 0.29) is 11.9 Å². The number of aryl methyl sites for hydroxylation is 1. The van der Waals surface area contributed by atoms with Gasteiger partial charge in [0.05, 0.1) is 5.69 Å². The van der Waals surface area contributed by atoms with E-state index in [1.54, 1.807) is 4.90 Å². The summed E-state index contributed by atoms with van der Waals surface area (Å²) in [4.78, 5) is 15.1. The molecule has 0 saturated heterocycles. The van der Waals surface area contributed by atoms with Gasteiger partial charge in [0.15, 0.2) is 0 Å². The van der Waals surface area contributed by atoms with E-state index < -0.39 is 0 Å². The zero-order chi connectivity index (χ0) is 14.9. The quantitative estimate of drug-likeness (QED) is 0.923. The summed E-state index contributed by atoms with van der Waals surface area (Å²) in [6.45, 7) is 6.26. The van der Waals surface area contributed by atoms with Crippen LogP contribution >= 0.6 is 11.3 Å². The van der Waals surface area contributed by atoms with Gasteiger partial charge in [-0.2, -0.15) is 0 Å². The maximum Gasteiger partial charge on any atom is 0.266 e. The Kier molecular flexibility index (Phi) is 4.33. The van der Waals surface area contributed by atoms with E-state index in [1.165, 1.54) is 16.9 Å². The van der Waals surface area contributed by atoms with Crippen LogP contribution in [0.25, 0.3) is 10.1 Å². The first-order valence-electron chi connectivity index (χ1n) is 7.02. The first kappa shape index (κ1) is 14.9. The number of nitrogen functional groups attached to an aromatic ring is 1. The number of amides is 1. The topological polar surface area (TPSA) is 46.3 Å². The van der Waals surface area contributed by atoms with Gasteiger partial charge in [-0.05, 0) is 25.8 Å². The van der Waals surface area contributed by atoms with Crippen molar-refractivity contribution in [1.29, 1.82) is 0 Å². The van der Waals surface area contributed by atoms with Crippen molar-refractivity contribution in [2.24, 2.45) is 0 Å². The van der Waals surface area contributed by atoms with Crippen molar-refractivity contribution in [3.8, 4) is 0 Å². The number of carbonyl (C=O) groups excluding carboxylic acids is 1. The van der Waals surface area contributed by atoms with E-state index in [0.29, 0.717) is 10.6 Å². The molecule has 0 aliphatic rings. The molecule has 1 unspecified atom stereocenters. The second-order valence-corrected chi connectivity index (χ2v) is 6.37. The number of nitrogens with two attached hydrogens (primary N) is 1. The highest BCUT2D eigenvalue weighted by atomic mass is 32.1. The highest BCUT2D eigenvalue weighted by Crippen LogP contribution is 2.36. The molecular weight excluding hydrogens is 268 g/mol. The van der Waals surface area contributed by atoms with Gasteiger partial charge in [0, 0.05) is 23.2 Å². The monoisotopic (exact) mass is 290 g/mol. The average molecular weight is 290 g/mol. The van der Waals surface area contributed by atoms with Gasteiger partial charge in [0.25, 0.3) is 5.91 Å². The molecule has 1 heterocycles. The Hall–Kier alpha value is -1.55. The van der Waals surface area contributed by atoms with Crippen molar-refractivity contribution in [1.82, 2.24) is 4.90 Å². The van der Waals surface area contributed by atoms with Crippen LogP contribution in [0.4, 0.5) is 5.69 Å². The Morgan fingerprint density at radius 3 is 2.75 bits per heavy atom. The predicted molar refractivity (Wildman–Crippen MR) is 87.4 cm³/mol. The van der Waals surface area contributed by atoms with Gasteiger partial charge in [0.1, 0.15) is 4.88 Å². The van der Waals surface area contributed by atoms with Crippen LogP contribution in [0, 0.1) is 6.92 Å². The lowest BCUT2D eigenvalue weighted by atomic mass is 10.1. The lowest BCUT2D eigenvalue weighted by molar-refractivity contribution is 0.0742. The fraction of sp³-hybridized carbons (Fsp3) is 0.438. The summed E-state index contributed by atoms with van der Waals surface area (Å²) in [6.07, 6.45) is 2.08. The Balaban J connectivity index is 2.40. The minimum absolute atomic E-state index is 0.0315. The Labute approximate surface area is 124 Å². The minimum Gasteiger partial charge on any atom is -0.397 e. The van der Waals surface area contributed by atoms with E-state index in [0.717, 1.165) is 22.9 Å². The van der Waals surface area contributed by atoms with Gasteiger partial charge in [-0.3, -0.25) is 4.79 Å². The van der Waals surface area contributed by atoms with E-state index in [9.17, 15) is 4.79 Å². The Bertz CT molecular complexity index is 633. The summed E-state index contributed by atoms with van der Waals surface area (Å²) in [7, 11) is 1.86. The lowest BCUT2D eigenvalue weighted by Crippen LogP contribution is -2.34. The zero-order valence-electron chi connectivity index (χ0n) is 12.6. The van der Waals surface area contributed by atoms with E-state index in [2.05, 4.69) is 26.8 Å². The van der Waals surface area contributed by atoms with Gasteiger partial charge < -0.3 is 10.6 Å². The van der Waals surface area contributed by atoms with Crippen LogP contribution in [0.2, 0.25) is 0 Å². The molecule has 0 aliphatic carbocycles. The van der Waals surface area contributed by atoms with Crippen LogP contribution in [0.15, 0.2) is 18.2 Å². The van der Waals surface area contributed by atoms with E-state index in [4.69, 9.17) is 5.73 Å². The molecule has 2 rings (SSSR count). The van der Waals surface area contributed by atoms with Gasteiger partial charge >= 0.3 is 0 Å². The summed E-state index contributed by atoms with van der Waals surface area (Å²) in [5.74, 6) is 0.0315. The molecule has 0 aliphatic heterocycles. The second kappa shape index (κ2) is 5.83. The maximum atomic E-state index is 12.6. The number of fused-ring (bicyclic) bond motifs is 1. The SMILES string of the molecule is CCCC(C)N(C)C(=O)c1sc2c(C)cccc2c1N. The van der Waals surface area contributed by atoms with Crippen LogP contribution in [0.3, 0.4) is 0 Å². The van der Waals surface area contributed by atoms with Crippen molar-refractivity contribution in [2.75, 3.05) is 12.8 Å². The number of nitrogens with zero attached hydrogens (tertiary/aromatic N) is 1. The van der Waals surface area contributed by atoms with Crippen molar-refractivity contribution in [2.45, 2.75) is 39.7 Å². The number of hydrogen-bond acceptors (Lipinski definition) is 3. The largest absolute Gasteiger partial charge is 0.397 e. The molecule has 2 aromatic rings. The number of thiophene rings is 1. The number of anilines is 1. The molecule has 0 bridgehead atoms. The van der Waals surface area contributed by atoms with Gasteiger partial charge in [-0.15, -0.1) is 11.3 Å². The Morgan fingerprint density at radius 1 is 1.45 bits per heavy atom. The molecular formula is C16H22N2OS. The number of carbonyl (C=O) groups is 1. The van der Waals surface area contributed by atoms with Crippen LogP contribution < -0.4 is 5.73 Å². The molecule has 1 amide bonds. The van der Waals surface area contributed by atoms with Crippen molar-refractivity contribution >= 4 is 33.0 Å². The third-order valence-corrected chi connectivity index (χ3v) is 5.18. The third kappa shape index (κ3) is 2.52. The van der Waals surface area contributed by atoms with Crippen molar-refractivity contribution in [3.63, 3.8) is 0 Å². The number of rotatable bonds is 4. The van der Waals surface area contributed by atoms with Gasteiger partial charge in [-0.1, -0.05) is 31.5 Å². The molecule has 3 nitrogen and oxygen atoms in total. The summed E-state index contributed by atoms with van der Waals surface area (Å²) < 4.78 is 1.12. The van der Waals surface area contributed by atoms with Crippen LogP contribution in [0.1, 0.15) is 41.9 Å². The first-order chi connectivity index (χ1) is 9.47. The maximum absolute atomic E-state index is 12.6. The number of hydrogen-bond donors (Lipinski definition) is 1. The second-order valence-electron chi connectivity index (χ2n) is 5.35. The highest BCUT2D eigenvalue weighted by molar-refractivity contribution is 7.21. The summed E-state index contributed by atoms with van der Waals surface area (Å²) >= 11 is 1.51. The van der Waals surface area contributed by atoms with Crippen molar-refractivity contribution < 1.29 is 4.79 Å². The van der Waals surface area contributed by atoms with Crippen molar-refractivity contribution in [3.05, 3.63) is 28.6 Å². The molecule has 0 spiro atoms. The molecule has 0 saturated carbocycles. The van der Waals surface area contributed by atoms with Gasteiger partial charge in [-0.25, -0.2) is 0 Å².